The monoisotopic (exact) mass is 309 g/mol. The number of carbonyl (C=O) groups is 1. The summed E-state index contributed by atoms with van der Waals surface area (Å²) in [5.41, 5.74) is 3.17. The first-order valence-electron chi connectivity index (χ1n) is 7.96. The molecular weight excluding hydrogens is 290 g/mol. The molecule has 6 nitrogen and oxygen atoms in total. The maximum Gasteiger partial charge on any atom is 0.276 e. The van der Waals surface area contributed by atoms with E-state index < -0.39 is 0 Å². The van der Waals surface area contributed by atoms with E-state index in [1.807, 2.05) is 35.1 Å². The molecule has 2 N–H and O–H groups in total. The number of aromatic nitrogens is 4. The molecule has 2 heterocycles. The highest BCUT2D eigenvalue weighted by atomic mass is 16.1. The number of H-pyrrole nitrogens is 1. The lowest BCUT2D eigenvalue weighted by Gasteiger charge is -2.02. The molecule has 6 heteroatoms. The second-order valence-electron chi connectivity index (χ2n) is 6.41. The molecular formula is C17H19N5O. The van der Waals surface area contributed by atoms with Crippen molar-refractivity contribution in [2.45, 2.75) is 38.6 Å². The van der Waals surface area contributed by atoms with Gasteiger partial charge in [0.25, 0.3) is 5.91 Å². The minimum Gasteiger partial charge on any atom is -0.321 e. The van der Waals surface area contributed by atoms with Crippen molar-refractivity contribution in [3.8, 4) is 0 Å². The molecule has 23 heavy (non-hydrogen) atoms. The average molecular weight is 309 g/mol. The van der Waals surface area contributed by atoms with Crippen LogP contribution in [-0.4, -0.2) is 25.9 Å². The number of amides is 1. The SMILES string of the molecule is CC(C)n1cc2cc(NC(=O)c3cc(C4CC4)[nH]n3)ccc2n1. The van der Waals surface area contributed by atoms with Gasteiger partial charge in [-0.1, -0.05) is 0 Å². The van der Waals surface area contributed by atoms with E-state index in [4.69, 9.17) is 0 Å². The van der Waals surface area contributed by atoms with Crippen molar-refractivity contribution in [2.75, 3.05) is 5.32 Å². The zero-order valence-corrected chi connectivity index (χ0v) is 13.2. The molecule has 0 atom stereocenters. The Morgan fingerprint density at radius 1 is 1.35 bits per heavy atom. The van der Waals surface area contributed by atoms with Gasteiger partial charge in [0.05, 0.1) is 5.52 Å². The van der Waals surface area contributed by atoms with Gasteiger partial charge in [0.2, 0.25) is 0 Å². The zero-order valence-electron chi connectivity index (χ0n) is 13.2. The van der Waals surface area contributed by atoms with Crippen molar-refractivity contribution in [3.63, 3.8) is 0 Å². The van der Waals surface area contributed by atoms with Crippen LogP contribution in [0, 0.1) is 0 Å². The molecule has 2 aromatic heterocycles. The molecule has 1 aliphatic carbocycles. The van der Waals surface area contributed by atoms with Gasteiger partial charge in [-0.3, -0.25) is 14.6 Å². The molecule has 0 radical (unpaired) electrons. The molecule has 1 aromatic carbocycles. The predicted octanol–water partition coefficient (Wildman–Crippen LogP) is 3.47. The van der Waals surface area contributed by atoms with Crippen LogP contribution in [0.3, 0.4) is 0 Å². The smallest absolute Gasteiger partial charge is 0.276 e. The molecule has 0 saturated heterocycles. The maximum absolute atomic E-state index is 12.3. The summed E-state index contributed by atoms with van der Waals surface area (Å²) in [4.78, 5) is 12.3. The van der Waals surface area contributed by atoms with Gasteiger partial charge in [-0.15, -0.1) is 0 Å². The van der Waals surface area contributed by atoms with E-state index >= 15 is 0 Å². The molecule has 4 rings (SSSR count). The number of fused-ring (bicyclic) bond motifs is 1. The molecule has 0 aliphatic heterocycles. The minimum atomic E-state index is -0.191. The Labute approximate surface area is 133 Å². The van der Waals surface area contributed by atoms with Gasteiger partial charge in [-0.05, 0) is 51.0 Å². The van der Waals surface area contributed by atoms with Crippen molar-refractivity contribution < 1.29 is 4.79 Å². The Morgan fingerprint density at radius 3 is 2.91 bits per heavy atom. The topological polar surface area (TPSA) is 75.6 Å². The van der Waals surface area contributed by atoms with Crippen LogP contribution in [0.15, 0.2) is 30.5 Å². The zero-order chi connectivity index (χ0) is 16.0. The van der Waals surface area contributed by atoms with Crippen molar-refractivity contribution in [1.82, 2.24) is 20.0 Å². The van der Waals surface area contributed by atoms with Crippen LogP contribution >= 0.6 is 0 Å². The summed E-state index contributed by atoms with van der Waals surface area (Å²) in [5, 5.41) is 15.5. The lowest BCUT2D eigenvalue weighted by atomic mass is 10.2. The largest absolute Gasteiger partial charge is 0.321 e. The fourth-order valence-corrected chi connectivity index (χ4v) is 2.64. The number of hydrogen-bond acceptors (Lipinski definition) is 3. The van der Waals surface area contributed by atoms with E-state index in [1.165, 1.54) is 12.8 Å². The van der Waals surface area contributed by atoms with Gasteiger partial charge in [0, 0.05) is 34.9 Å². The summed E-state index contributed by atoms with van der Waals surface area (Å²) in [6, 6.07) is 7.89. The Balaban J connectivity index is 1.54. The Kier molecular flexibility index (Phi) is 3.18. The van der Waals surface area contributed by atoms with Gasteiger partial charge >= 0.3 is 0 Å². The maximum atomic E-state index is 12.3. The van der Waals surface area contributed by atoms with Gasteiger partial charge in [-0.2, -0.15) is 10.2 Å². The molecule has 0 spiro atoms. The van der Waals surface area contributed by atoms with Crippen LogP contribution in [0.1, 0.15) is 54.8 Å². The van der Waals surface area contributed by atoms with E-state index in [9.17, 15) is 4.79 Å². The molecule has 0 bridgehead atoms. The first-order chi connectivity index (χ1) is 11.1. The Hall–Kier alpha value is -2.63. The second kappa shape index (κ2) is 5.22. The molecule has 1 fully saturated rings. The van der Waals surface area contributed by atoms with E-state index in [0.717, 1.165) is 22.3 Å². The number of anilines is 1. The van der Waals surface area contributed by atoms with Crippen LogP contribution < -0.4 is 5.32 Å². The summed E-state index contributed by atoms with van der Waals surface area (Å²) in [6.45, 7) is 4.17. The highest BCUT2D eigenvalue weighted by molar-refractivity contribution is 6.03. The lowest BCUT2D eigenvalue weighted by molar-refractivity contribution is 0.102. The van der Waals surface area contributed by atoms with Crippen molar-refractivity contribution in [3.05, 3.63) is 41.9 Å². The van der Waals surface area contributed by atoms with Crippen LogP contribution in [0.25, 0.3) is 10.9 Å². The Morgan fingerprint density at radius 2 is 2.17 bits per heavy atom. The van der Waals surface area contributed by atoms with Crippen molar-refractivity contribution >= 4 is 22.5 Å². The first kappa shape index (κ1) is 14.0. The van der Waals surface area contributed by atoms with Crippen molar-refractivity contribution in [1.29, 1.82) is 0 Å². The molecule has 1 aliphatic rings. The number of nitrogens with zero attached hydrogens (tertiary/aromatic N) is 3. The summed E-state index contributed by atoms with van der Waals surface area (Å²) in [6.07, 6.45) is 4.36. The number of benzene rings is 1. The molecule has 1 saturated carbocycles. The van der Waals surface area contributed by atoms with Gasteiger partial charge < -0.3 is 5.32 Å². The van der Waals surface area contributed by atoms with E-state index in [-0.39, 0.29) is 5.91 Å². The number of nitrogens with one attached hydrogen (secondary N) is 2. The third kappa shape index (κ3) is 2.72. The highest BCUT2D eigenvalue weighted by Gasteiger charge is 2.26. The van der Waals surface area contributed by atoms with Crippen LogP contribution in [0.2, 0.25) is 0 Å². The second-order valence-corrected chi connectivity index (χ2v) is 6.41. The van der Waals surface area contributed by atoms with Gasteiger partial charge in [-0.25, -0.2) is 0 Å². The first-order valence-corrected chi connectivity index (χ1v) is 7.96. The number of carbonyl (C=O) groups excluding carboxylic acids is 1. The quantitative estimate of drug-likeness (QED) is 0.775. The van der Waals surface area contributed by atoms with Gasteiger partial charge in [0.1, 0.15) is 0 Å². The summed E-state index contributed by atoms with van der Waals surface area (Å²) >= 11 is 0. The fraction of sp³-hybridized carbons (Fsp3) is 0.353. The van der Waals surface area contributed by atoms with Crippen molar-refractivity contribution in [2.24, 2.45) is 0 Å². The minimum absolute atomic E-state index is 0.191. The summed E-state index contributed by atoms with van der Waals surface area (Å²) in [5.74, 6) is 0.367. The molecule has 1 amide bonds. The van der Waals surface area contributed by atoms with E-state index in [0.29, 0.717) is 17.7 Å². The standard InChI is InChI=1S/C17H19N5O/c1-10(2)22-9-12-7-13(5-6-14(12)21-22)18-17(23)16-8-15(19-20-16)11-3-4-11/h5-11H,3-4H2,1-2H3,(H,18,23)(H,19,20). The molecule has 118 valence electrons. The third-order valence-electron chi connectivity index (χ3n) is 4.16. The summed E-state index contributed by atoms with van der Waals surface area (Å²) in [7, 11) is 0. The number of hydrogen-bond donors (Lipinski definition) is 2. The van der Waals surface area contributed by atoms with E-state index in [2.05, 4.69) is 34.5 Å². The average Bonchev–Trinajstić information content (AvgIpc) is 3.10. The van der Waals surface area contributed by atoms with Gasteiger partial charge in [0.15, 0.2) is 5.69 Å². The third-order valence-corrected chi connectivity index (χ3v) is 4.16. The molecule has 0 unspecified atom stereocenters. The molecule has 3 aromatic rings. The summed E-state index contributed by atoms with van der Waals surface area (Å²) < 4.78 is 1.92. The number of aromatic amines is 1. The predicted molar refractivity (Wildman–Crippen MR) is 88.6 cm³/mol. The normalized spacial score (nSPS) is 14.6. The Bertz CT molecular complexity index is 872. The van der Waals surface area contributed by atoms with Crippen LogP contribution in [0.4, 0.5) is 5.69 Å². The van der Waals surface area contributed by atoms with Crippen LogP contribution in [0.5, 0.6) is 0 Å². The van der Waals surface area contributed by atoms with E-state index in [1.54, 1.807) is 0 Å². The lowest BCUT2D eigenvalue weighted by Crippen LogP contribution is -2.12. The fourth-order valence-electron chi connectivity index (χ4n) is 2.64. The highest BCUT2D eigenvalue weighted by Crippen LogP contribution is 2.39. The number of rotatable bonds is 4. The van der Waals surface area contributed by atoms with Crippen LogP contribution in [-0.2, 0) is 0 Å².